The SMILES string of the molecule is NC1(CO)CCC(Oc2ccccc2CO)C1. The van der Waals surface area contributed by atoms with Crippen molar-refractivity contribution in [2.75, 3.05) is 6.61 Å². The Kier molecular flexibility index (Phi) is 3.66. The second-order valence-corrected chi connectivity index (χ2v) is 4.77. The third-order valence-electron chi connectivity index (χ3n) is 3.35. The van der Waals surface area contributed by atoms with Crippen LogP contribution in [0.25, 0.3) is 0 Å². The third kappa shape index (κ3) is 2.77. The summed E-state index contributed by atoms with van der Waals surface area (Å²) in [5.74, 6) is 0.710. The van der Waals surface area contributed by atoms with E-state index in [0.29, 0.717) is 12.2 Å². The van der Waals surface area contributed by atoms with Gasteiger partial charge in [0.2, 0.25) is 0 Å². The van der Waals surface area contributed by atoms with E-state index in [9.17, 15) is 10.2 Å². The zero-order valence-electron chi connectivity index (χ0n) is 9.80. The van der Waals surface area contributed by atoms with Crippen molar-refractivity contribution < 1.29 is 14.9 Å². The van der Waals surface area contributed by atoms with Crippen LogP contribution in [0.1, 0.15) is 24.8 Å². The standard InChI is InChI=1S/C13H19NO3/c14-13(9-16)6-5-11(7-13)17-12-4-2-1-3-10(12)8-15/h1-4,11,15-16H,5-9,14H2. The van der Waals surface area contributed by atoms with Crippen LogP contribution in [-0.2, 0) is 6.61 Å². The Hall–Kier alpha value is -1.10. The number of nitrogens with two attached hydrogens (primary N) is 1. The van der Waals surface area contributed by atoms with Gasteiger partial charge in [-0.25, -0.2) is 0 Å². The number of hydrogen-bond donors (Lipinski definition) is 3. The van der Waals surface area contributed by atoms with E-state index in [0.717, 1.165) is 18.4 Å². The van der Waals surface area contributed by atoms with Gasteiger partial charge in [-0.05, 0) is 18.9 Å². The molecule has 0 aliphatic heterocycles. The zero-order valence-corrected chi connectivity index (χ0v) is 9.80. The molecule has 1 aliphatic rings. The quantitative estimate of drug-likeness (QED) is 0.724. The van der Waals surface area contributed by atoms with Gasteiger partial charge in [0.15, 0.2) is 0 Å². The van der Waals surface area contributed by atoms with Gasteiger partial charge in [0.1, 0.15) is 11.9 Å². The average molecular weight is 237 g/mol. The number of aliphatic hydroxyl groups excluding tert-OH is 2. The number of benzene rings is 1. The molecule has 2 unspecified atom stereocenters. The smallest absolute Gasteiger partial charge is 0.125 e. The highest BCUT2D eigenvalue weighted by Gasteiger charge is 2.36. The maximum atomic E-state index is 9.20. The van der Waals surface area contributed by atoms with Gasteiger partial charge in [-0.3, -0.25) is 0 Å². The van der Waals surface area contributed by atoms with E-state index in [-0.39, 0.29) is 19.3 Å². The first-order valence-corrected chi connectivity index (χ1v) is 5.92. The Bertz CT molecular complexity index is 383. The lowest BCUT2D eigenvalue weighted by molar-refractivity contribution is 0.162. The van der Waals surface area contributed by atoms with E-state index in [2.05, 4.69) is 0 Å². The van der Waals surface area contributed by atoms with Crippen LogP contribution < -0.4 is 10.5 Å². The fourth-order valence-corrected chi connectivity index (χ4v) is 2.28. The lowest BCUT2D eigenvalue weighted by Gasteiger charge is -2.21. The van der Waals surface area contributed by atoms with E-state index in [1.807, 2.05) is 24.3 Å². The van der Waals surface area contributed by atoms with Crippen LogP contribution in [0.5, 0.6) is 5.75 Å². The van der Waals surface area contributed by atoms with Crippen molar-refractivity contribution in [1.82, 2.24) is 0 Å². The molecule has 17 heavy (non-hydrogen) atoms. The van der Waals surface area contributed by atoms with Crippen LogP contribution >= 0.6 is 0 Å². The summed E-state index contributed by atoms with van der Waals surface area (Å²) in [5.41, 5.74) is 6.28. The molecule has 0 saturated heterocycles. The van der Waals surface area contributed by atoms with Gasteiger partial charge in [0.05, 0.1) is 13.2 Å². The molecular formula is C13H19NO3. The molecule has 0 radical (unpaired) electrons. The second-order valence-electron chi connectivity index (χ2n) is 4.77. The predicted molar refractivity (Wildman–Crippen MR) is 64.6 cm³/mol. The van der Waals surface area contributed by atoms with Crippen molar-refractivity contribution in [3.8, 4) is 5.75 Å². The maximum absolute atomic E-state index is 9.20. The summed E-state index contributed by atoms with van der Waals surface area (Å²) < 4.78 is 5.84. The number of aliphatic hydroxyl groups is 2. The average Bonchev–Trinajstić information content (AvgIpc) is 2.73. The van der Waals surface area contributed by atoms with Crippen LogP contribution in [0.15, 0.2) is 24.3 Å². The van der Waals surface area contributed by atoms with Crippen molar-refractivity contribution in [2.45, 2.75) is 37.5 Å². The van der Waals surface area contributed by atoms with Crippen LogP contribution in [-0.4, -0.2) is 28.5 Å². The third-order valence-corrected chi connectivity index (χ3v) is 3.35. The van der Waals surface area contributed by atoms with Crippen molar-refractivity contribution >= 4 is 0 Å². The molecular weight excluding hydrogens is 218 g/mol. The molecule has 4 nitrogen and oxygen atoms in total. The highest BCUT2D eigenvalue weighted by Crippen LogP contribution is 2.31. The molecule has 0 aromatic heterocycles. The molecule has 94 valence electrons. The Morgan fingerprint density at radius 2 is 2.12 bits per heavy atom. The summed E-state index contributed by atoms with van der Waals surface area (Å²) >= 11 is 0. The summed E-state index contributed by atoms with van der Waals surface area (Å²) in [6.45, 7) is -0.0365. The number of para-hydroxylation sites is 1. The van der Waals surface area contributed by atoms with Gasteiger partial charge in [-0.1, -0.05) is 18.2 Å². The molecule has 0 heterocycles. The molecule has 1 aromatic rings. The van der Waals surface area contributed by atoms with Gasteiger partial charge in [-0.15, -0.1) is 0 Å². The number of hydrogen-bond acceptors (Lipinski definition) is 4. The highest BCUT2D eigenvalue weighted by molar-refractivity contribution is 5.32. The van der Waals surface area contributed by atoms with Gasteiger partial charge in [0.25, 0.3) is 0 Å². The fraction of sp³-hybridized carbons (Fsp3) is 0.538. The molecule has 1 aliphatic carbocycles. The predicted octanol–water partition coefficient (Wildman–Crippen LogP) is 0.800. The molecule has 0 spiro atoms. The van der Waals surface area contributed by atoms with Crippen LogP contribution in [0.2, 0.25) is 0 Å². The van der Waals surface area contributed by atoms with E-state index in [1.165, 1.54) is 0 Å². The number of rotatable bonds is 4. The fourth-order valence-electron chi connectivity index (χ4n) is 2.28. The van der Waals surface area contributed by atoms with Crippen molar-refractivity contribution in [3.05, 3.63) is 29.8 Å². The summed E-state index contributed by atoms with van der Waals surface area (Å²) in [6, 6.07) is 7.44. The van der Waals surface area contributed by atoms with Gasteiger partial charge < -0.3 is 20.7 Å². The Balaban J connectivity index is 2.03. The number of ether oxygens (including phenoxy) is 1. The van der Waals surface area contributed by atoms with E-state index < -0.39 is 5.54 Å². The Morgan fingerprint density at radius 1 is 1.35 bits per heavy atom. The zero-order chi connectivity index (χ0) is 12.3. The summed E-state index contributed by atoms with van der Waals surface area (Å²) in [5, 5.41) is 18.4. The topological polar surface area (TPSA) is 75.7 Å². The normalized spacial score (nSPS) is 28.3. The lowest BCUT2D eigenvalue weighted by atomic mass is 10.0. The molecule has 2 atom stereocenters. The summed E-state index contributed by atoms with van der Waals surface area (Å²) in [6.07, 6.45) is 2.30. The molecule has 1 saturated carbocycles. The van der Waals surface area contributed by atoms with Crippen LogP contribution in [0.4, 0.5) is 0 Å². The molecule has 0 bridgehead atoms. The largest absolute Gasteiger partial charge is 0.490 e. The second kappa shape index (κ2) is 5.04. The maximum Gasteiger partial charge on any atom is 0.125 e. The molecule has 2 rings (SSSR count). The minimum atomic E-state index is -0.501. The Labute approximate surface area is 101 Å². The van der Waals surface area contributed by atoms with Crippen molar-refractivity contribution in [1.29, 1.82) is 0 Å². The molecule has 4 N–H and O–H groups in total. The first kappa shape index (κ1) is 12.4. The van der Waals surface area contributed by atoms with Crippen molar-refractivity contribution in [2.24, 2.45) is 5.73 Å². The van der Waals surface area contributed by atoms with E-state index >= 15 is 0 Å². The summed E-state index contributed by atoms with van der Waals surface area (Å²) in [4.78, 5) is 0. The first-order chi connectivity index (χ1) is 8.17. The van der Waals surface area contributed by atoms with Gasteiger partial charge in [-0.2, -0.15) is 0 Å². The minimum absolute atomic E-state index is 0.00545. The highest BCUT2D eigenvalue weighted by atomic mass is 16.5. The Morgan fingerprint density at radius 3 is 2.76 bits per heavy atom. The van der Waals surface area contributed by atoms with Gasteiger partial charge >= 0.3 is 0 Å². The molecule has 1 aromatic carbocycles. The lowest BCUT2D eigenvalue weighted by Crippen LogP contribution is -2.41. The molecule has 0 amide bonds. The minimum Gasteiger partial charge on any atom is -0.490 e. The molecule has 4 heteroatoms. The van der Waals surface area contributed by atoms with Gasteiger partial charge in [0, 0.05) is 17.5 Å². The van der Waals surface area contributed by atoms with E-state index in [1.54, 1.807) is 0 Å². The van der Waals surface area contributed by atoms with Crippen molar-refractivity contribution in [3.63, 3.8) is 0 Å². The summed E-state index contributed by atoms with van der Waals surface area (Å²) in [7, 11) is 0. The molecule has 1 fully saturated rings. The monoisotopic (exact) mass is 237 g/mol. The van der Waals surface area contributed by atoms with E-state index in [4.69, 9.17) is 10.5 Å². The van der Waals surface area contributed by atoms with Crippen LogP contribution in [0.3, 0.4) is 0 Å². The first-order valence-electron chi connectivity index (χ1n) is 5.92. The van der Waals surface area contributed by atoms with Crippen LogP contribution in [0, 0.1) is 0 Å².